The monoisotopic (exact) mass is 314 g/mol. The van der Waals surface area contributed by atoms with Crippen molar-refractivity contribution in [3.05, 3.63) is 0 Å². The smallest absolute Gasteiger partial charge is 0.405 e. The van der Waals surface area contributed by atoms with Gasteiger partial charge in [-0.2, -0.15) is 0 Å². The number of carbonyl (C=O) groups excluding carboxylic acids is 1. The number of rotatable bonds is 4. The summed E-state index contributed by atoms with van der Waals surface area (Å²) in [6.07, 6.45) is 1.30. The molecule has 0 aromatic carbocycles. The Hall–Kier alpha value is -1.30. The van der Waals surface area contributed by atoms with E-state index >= 15 is 0 Å². The number of nitrogens with one attached hydrogen (secondary N) is 2. The minimum absolute atomic E-state index is 0.0624. The van der Waals surface area contributed by atoms with Crippen molar-refractivity contribution >= 4 is 12.0 Å². The van der Waals surface area contributed by atoms with Gasteiger partial charge in [0.1, 0.15) is 6.10 Å². The maximum atomic E-state index is 11.5. The zero-order valence-electron chi connectivity index (χ0n) is 14.3. The fourth-order valence-electron chi connectivity index (χ4n) is 3.26. The van der Waals surface area contributed by atoms with Gasteiger partial charge in [0, 0.05) is 11.6 Å². The summed E-state index contributed by atoms with van der Waals surface area (Å²) in [5.74, 6) is -0.117. The highest BCUT2D eigenvalue weighted by molar-refractivity contribution is 5.80. The van der Waals surface area contributed by atoms with Gasteiger partial charge < -0.3 is 20.8 Å². The minimum atomic E-state index is -0.998. The van der Waals surface area contributed by atoms with Crippen molar-refractivity contribution in [3.63, 3.8) is 0 Å². The molecule has 1 saturated carbocycles. The number of carboxylic acid groups (broad SMARTS) is 1. The summed E-state index contributed by atoms with van der Waals surface area (Å²) >= 11 is 0. The van der Waals surface area contributed by atoms with E-state index in [-0.39, 0.29) is 23.3 Å². The molecular formula is C16H30N2O4. The molecule has 0 spiro atoms. The third-order valence-electron chi connectivity index (χ3n) is 5.19. The Kier molecular flexibility index (Phi) is 5.84. The van der Waals surface area contributed by atoms with Crippen LogP contribution >= 0.6 is 0 Å². The van der Waals surface area contributed by atoms with Gasteiger partial charge in [-0.15, -0.1) is 0 Å². The molecule has 1 fully saturated rings. The molecule has 0 saturated heterocycles. The molecule has 0 heterocycles. The van der Waals surface area contributed by atoms with E-state index in [2.05, 4.69) is 10.6 Å². The second kappa shape index (κ2) is 6.86. The van der Waals surface area contributed by atoms with E-state index in [1.807, 2.05) is 27.7 Å². The summed E-state index contributed by atoms with van der Waals surface area (Å²) in [5.41, 5.74) is -0.718. The highest BCUT2D eigenvalue weighted by Crippen LogP contribution is 2.43. The third kappa shape index (κ3) is 4.35. The lowest BCUT2D eigenvalue weighted by molar-refractivity contribution is -0.129. The molecule has 2 unspecified atom stereocenters. The molecular weight excluding hydrogens is 284 g/mol. The first-order valence-electron chi connectivity index (χ1n) is 7.97. The molecule has 0 aromatic rings. The zero-order valence-corrected chi connectivity index (χ0v) is 14.3. The first-order chi connectivity index (χ1) is 9.97. The lowest BCUT2D eigenvalue weighted by Gasteiger charge is -2.49. The zero-order chi connectivity index (χ0) is 17.1. The van der Waals surface area contributed by atoms with Crippen LogP contribution in [-0.4, -0.2) is 39.9 Å². The molecule has 1 aliphatic carbocycles. The third-order valence-corrected chi connectivity index (χ3v) is 5.19. The topological polar surface area (TPSA) is 98.7 Å². The summed E-state index contributed by atoms with van der Waals surface area (Å²) in [7, 11) is 0. The summed E-state index contributed by atoms with van der Waals surface area (Å²) in [4.78, 5) is 22.7. The maximum absolute atomic E-state index is 11.5. The van der Waals surface area contributed by atoms with Crippen LogP contribution < -0.4 is 10.6 Å². The fraction of sp³-hybridized carbons (Fsp3) is 0.875. The Bertz CT molecular complexity index is 409. The van der Waals surface area contributed by atoms with E-state index in [0.29, 0.717) is 0 Å². The minimum Gasteiger partial charge on any atom is -0.465 e. The van der Waals surface area contributed by atoms with Gasteiger partial charge in [0.05, 0.1) is 0 Å². The summed E-state index contributed by atoms with van der Waals surface area (Å²) in [6.45, 7) is 9.56. The molecule has 2 atom stereocenters. The largest absolute Gasteiger partial charge is 0.465 e. The molecule has 0 aromatic heterocycles. The van der Waals surface area contributed by atoms with Crippen LogP contribution in [0.5, 0.6) is 0 Å². The van der Waals surface area contributed by atoms with E-state index in [0.717, 1.165) is 25.7 Å². The Morgan fingerprint density at radius 1 is 1.09 bits per heavy atom. The summed E-state index contributed by atoms with van der Waals surface area (Å²) < 4.78 is 0. The standard InChI is InChI=1S/C16H30N2O4/c1-10(19)13(20)17-12-8-6-11(7-9-12)16(5,15(2,3)4)18-14(21)22/h10-12,18-19H,6-9H2,1-5H3,(H,17,20)(H,21,22). The molecule has 1 rings (SSSR count). The number of aliphatic hydroxyl groups excluding tert-OH is 1. The van der Waals surface area contributed by atoms with Gasteiger partial charge in [0.15, 0.2) is 0 Å². The van der Waals surface area contributed by atoms with Gasteiger partial charge in [0.25, 0.3) is 0 Å². The highest BCUT2D eigenvalue weighted by atomic mass is 16.4. The molecule has 6 heteroatoms. The van der Waals surface area contributed by atoms with Crippen LogP contribution in [-0.2, 0) is 4.79 Å². The van der Waals surface area contributed by atoms with Gasteiger partial charge in [0.2, 0.25) is 5.91 Å². The predicted octanol–water partition coefficient (Wildman–Crippen LogP) is 2.11. The van der Waals surface area contributed by atoms with Crippen molar-refractivity contribution in [1.82, 2.24) is 10.6 Å². The number of hydrogen-bond donors (Lipinski definition) is 4. The highest BCUT2D eigenvalue weighted by Gasteiger charge is 2.46. The molecule has 22 heavy (non-hydrogen) atoms. The molecule has 6 nitrogen and oxygen atoms in total. The second-order valence-corrected chi connectivity index (χ2v) is 7.62. The van der Waals surface area contributed by atoms with Gasteiger partial charge in [-0.05, 0) is 50.9 Å². The normalized spacial score (nSPS) is 26.6. The van der Waals surface area contributed by atoms with Crippen LogP contribution in [0.2, 0.25) is 0 Å². The number of aliphatic hydroxyl groups is 1. The van der Waals surface area contributed by atoms with E-state index in [1.165, 1.54) is 6.92 Å². The Morgan fingerprint density at radius 2 is 1.59 bits per heavy atom. The summed E-state index contributed by atoms with van der Waals surface area (Å²) in [6, 6.07) is 0.0624. The first-order valence-corrected chi connectivity index (χ1v) is 7.97. The molecule has 0 bridgehead atoms. The average Bonchev–Trinajstić information content (AvgIpc) is 2.37. The fourth-order valence-corrected chi connectivity index (χ4v) is 3.26. The number of carbonyl (C=O) groups is 2. The van der Waals surface area contributed by atoms with Crippen LogP contribution in [0, 0.1) is 11.3 Å². The quantitative estimate of drug-likeness (QED) is 0.638. The van der Waals surface area contributed by atoms with Gasteiger partial charge in [-0.25, -0.2) is 4.79 Å². The second-order valence-electron chi connectivity index (χ2n) is 7.62. The maximum Gasteiger partial charge on any atom is 0.405 e. The van der Waals surface area contributed by atoms with Crippen LogP contribution in [0.4, 0.5) is 4.79 Å². The van der Waals surface area contributed by atoms with Gasteiger partial charge >= 0.3 is 6.09 Å². The Labute approximate surface area is 132 Å². The van der Waals surface area contributed by atoms with E-state index < -0.39 is 17.7 Å². The lowest BCUT2D eigenvalue weighted by atomic mass is 9.63. The van der Waals surface area contributed by atoms with Crippen molar-refractivity contribution in [2.45, 2.75) is 78.0 Å². The lowest BCUT2D eigenvalue weighted by Crippen LogP contribution is -2.60. The number of amides is 2. The van der Waals surface area contributed by atoms with Crippen molar-refractivity contribution in [2.24, 2.45) is 11.3 Å². The Balaban J connectivity index is 2.71. The van der Waals surface area contributed by atoms with Crippen LogP contribution in [0.25, 0.3) is 0 Å². The van der Waals surface area contributed by atoms with Crippen LogP contribution in [0.3, 0.4) is 0 Å². The Morgan fingerprint density at radius 3 is 1.95 bits per heavy atom. The van der Waals surface area contributed by atoms with Gasteiger partial charge in [-0.1, -0.05) is 20.8 Å². The molecule has 2 amide bonds. The molecule has 128 valence electrons. The van der Waals surface area contributed by atoms with E-state index in [1.54, 1.807) is 0 Å². The van der Waals surface area contributed by atoms with E-state index in [4.69, 9.17) is 0 Å². The van der Waals surface area contributed by atoms with Crippen LogP contribution in [0.1, 0.15) is 60.3 Å². The van der Waals surface area contributed by atoms with Crippen molar-refractivity contribution in [1.29, 1.82) is 0 Å². The van der Waals surface area contributed by atoms with Crippen molar-refractivity contribution in [3.8, 4) is 0 Å². The molecule has 0 aliphatic heterocycles. The number of hydrogen-bond acceptors (Lipinski definition) is 3. The average molecular weight is 314 g/mol. The summed E-state index contributed by atoms with van der Waals surface area (Å²) in [5, 5.41) is 24.0. The SMILES string of the molecule is CC(O)C(=O)NC1CCC(C(C)(NC(=O)O)C(C)(C)C)CC1. The first kappa shape index (κ1) is 18.7. The molecule has 0 radical (unpaired) electrons. The molecule has 1 aliphatic rings. The van der Waals surface area contributed by atoms with Crippen molar-refractivity contribution < 1.29 is 19.8 Å². The van der Waals surface area contributed by atoms with E-state index in [9.17, 15) is 19.8 Å². The predicted molar refractivity (Wildman–Crippen MR) is 84.6 cm³/mol. The van der Waals surface area contributed by atoms with Gasteiger partial charge in [-0.3, -0.25) is 4.79 Å². The van der Waals surface area contributed by atoms with Crippen molar-refractivity contribution in [2.75, 3.05) is 0 Å². The molecule has 4 N–H and O–H groups in total. The van der Waals surface area contributed by atoms with Crippen LogP contribution in [0.15, 0.2) is 0 Å².